The van der Waals surface area contributed by atoms with Crippen LogP contribution >= 0.6 is 0 Å². The van der Waals surface area contributed by atoms with Crippen LogP contribution in [0.5, 0.6) is 5.75 Å². The minimum atomic E-state index is 0.691. The van der Waals surface area contributed by atoms with Gasteiger partial charge in [-0.25, -0.2) is 0 Å². The summed E-state index contributed by atoms with van der Waals surface area (Å²) < 4.78 is 5.69. The topological polar surface area (TPSA) is 29.5 Å². The zero-order valence-electron chi connectivity index (χ0n) is 12.4. The fourth-order valence-corrected chi connectivity index (χ4v) is 2.74. The molecule has 1 aliphatic heterocycles. The number of rotatable bonds is 7. The van der Waals surface area contributed by atoms with E-state index in [9.17, 15) is 4.79 Å². The Balaban J connectivity index is 1.60. The van der Waals surface area contributed by atoms with Gasteiger partial charge >= 0.3 is 0 Å². The van der Waals surface area contributed by atoms with E-state index >= 15 is 0 Å². The Hall–Kier alpha value is -1.35. The third kappa shape index (κ3) is 4.64. The number of hydrogen-bond donors (Lipinski definition) is 0. The molecule has 1 aromatic carbocycles. The molecule has 1 aliphatic rings. The molecule has 0 aromatic heterocycles. The molecule has 0 unspecified atom stereocenters. The van der Waals surface area contributed by atoms with Crippen LogP contribution in [0.1, 0.15) is 49.4 Å². The van der Waals surface area contributed by atoms with E-state index in [-0.39, 0.29) is 0 Å². The van der Waals surface area contributed by atoms with Crippen molar-refractivity contribution in [3.05, 3.63) is 29.8 Å². The summed E-state index contributed by atoms with van der Waals surface area (Å²) in [6, 6.07) is 8.04. The van der Waals surface area contributed by atoms with Gasteiger partial charge in [0.05, 0.1) is 6.61 Å². The van der Waals surface area contributed by atoms with Gasteiger partial charge in [-0.3, -0.25) is 4.79 Å². The van der Waals surface area contributed by atoms with Crippen LogP contribution in [0.3, 0.4) is 0 Å². The lowest BCUT2D eigenvalue weighted by atomic mass is 10.0. The molecule has 1 aromatic rings. The molecular formula is C17H25NO2. The maximum absolute atomic E-state index is 10.5. The number of carbonyl (C=O) groups is 1. The summed E-state index contributed by atoms with van der Waals surface area (Å²) in [4.78, 5) is 13.1. The van der Waals surface area contributed by atoms with Gasteiger partial charge in [0.1, 0.15) is 12.0 Å². The number of likely N-dealkylation sites (tertiary alicyclic amines) is 1. The van der Waals surface area contributed by atoms with E-state index in [1.807, 2.05) is 12.1 Å². The van der Waals surface area contributed by atoms with Crippen LogP contribution in [-0.2, 0) is 0 Å². The summed E-state index contributed by atoms with van der Waals surface area (Å²) >= 11 is 0. The molecule has 0 aliphatic carbocycles. The summed E-state index contributed by atoms with van der Waals surface area (Å²) in [5.41, 5.74) is 0.691. The lowest BCUT2D eigenvalue weighted by Crippen LogP contribution is -2.38. The molecule has 0 bridgehead atoms. The number of piperidine rings is 1. The van der Waals surface area contributed by atoms with Crippen molar-refractivity contribution in [3.8, 4) is 5.75 Å². The maximum atomic E-state index is 10.5. The Morgan fingerprint density at radius 1 is 1.25 bits per heavy atom. The number of nitrogens with zero attached hydrogens (tertiary/aromatic N) is 1. The number of hydrogen-bond acceptors (Lipinski definition) is 3. The largest absolute Gasteiger partial charge is 0.494 e. The van der Waals surface area contributed by atoms with Crippen LogP contribution < -0.4 is 4.74 Å². The molecule has 0 N–H and O–H groups in total. The SMILES string of the molecule is C[C@H]1CCCCN1CCCCOc1ccc(C=O)cc1. The van der Waals surface area contributed by atoms with Gasteiger partial charge in [0.25, 0.3) is 0 Å². The van der Waals surface area contributed by atoms with E-state index in [4.69, 9.17) is 4.74 Å². The molecule has 0 amide bonds. The van der Waals surface area contributed by atoms with Gasteiger partial charge in [-0.2, -0.15) is 0 Å². The average Bonchev–Trinajstić information content (AvgIpc) is 2.49. The van der Waals surface area contributed by atoms with E-state index in [1.54, 1.807) is 12.1 Å². The number of ether oxygens (including phenoxy) is 1. The number of unbranched alkanes of at least 4 members (excludes halogenated alkanes) is 1. The number of benzene rings is 1. The molecule has 2 rings (SSSR count). The highest BCUT2D eigenvalue weighted by molar-refractivity contribution is 5.74. The predicted octanol–water partition coefficient (Wildman–Crippen LogP) is 3.53. The average molecular weight is 275 g/mol. The van der Waals surface area contributed by atoms with Crippen molar-refractivity contribution in [2.75, 3.05) is 19.7 Å². The number of aldehydes is 1. The van der Waals surface area contributed by atoms with Crippen LogP contribution in [0.25, 0.3) is 0 Å². The standard InChI is InChI=1S/C17H25NO2/c1-15-6-2-3-11-18(15)12-4-5-13-20-17-9-7-16(14-19)8-10-17/h7-10,14-15H,2-6,11-13H2,1H3/t15-/m0/s1. The highest BCUT2D eigenvalue weighted by Gasteiger charge is 2.16. The van der Waals surface area contributed by atoms with E-state index in [1.165, 1.54) is 38.8 Å². The molecule has 3 heteroatoms. The van der Waals surface area contributed by atoms with Gasteiger partial charge in [-0.15, -0.1) is 0 Å². The molecular weight excluding hydrogens is 250 g/mol. The van der Waals surface area contributed by atoms with Crippen molar-refractivity contribution < 1.29 is 9.53 Å². The van der Waals surface area contributed by atoms with Gasteiger partial charge in [-0.05, 0) is 70.0 Å². The molecule has 3 nitrogen and oxygen atoms in total. The predicted molar refractivity (Wildman–Crippen MR) is 81.4 cm³/mol. The Morgan fingerprint density at radius 2 is 2.05 bits per heavy atom. The Morgan fingerprint density at radius 3 is 2.75 bits per heavy atom. The third-order valence-corrected chi connectivity index (χ3v) is 4.07. The summed E-state index contributed by atoms with van der Waals surface area (Å²) in [7, 11) is 0. The molecule has 1 heterocycles. The first-order chi connectivity index (χ1) is 9.79. The molecule has 0 saturated carbocycles. The molecule has 0 radical (unpaired) electrons. The Labute approximate surface area is 121 Å². The molecule has 0 spiro atoms. The minimum absolute atomic E-state index is 0.691. The summed E-state index contributed by atoms with van der Waals surface area (Å²) in [5, 5.41) is 0. The van der Waals surface area contributed by atoms with Gasteiger partial charge in [0.15, 0.2) is 0 Å². The molecule has 1 fully saturated rings. The van der Waals surface area contributed by atoms with Crippen LogP contribution in [0.4, 0.5) is 0 Å². The van der Waals surface area contributed by atoms with Gasteiger partial charge in [-0.1, -0.05) is 6.42 Å². The first kappa shape index (κ1) is 15.0. The molecule has 1 saturated heterocycles. The van der Waals surface area contributed by atoms with E-state index in [0.717, 1.165) is 31.1 Å². The van der Waals surface area contributed by atoms with E-state index in [0.29, 0.717) is 5.56 Å². The van der Waals surface area contributed by atoms with Gasteiger partial charge in [0.2, 0.25) is 0 Å². The second-order valence-electron chi connectivity index (χ2n) is 5.62. The van der Waals surface area contributed by atoms with Crippen molar-refractivity contribution in [1.29, 1.82) is 0 Å². The molecule has 1 atom stereocenters. The highest BCUT2D eigenvalue weighted by Crippen LogP contribution is 2.17. The van der Waals surface area contributed by atoms with E-state index in [2.05, 4.69) is 11.8 Å². The second-order valence-corrected chi connectivity index (χ2v) is 5.62. The lowest BCUT2D eigenvalue weighted by Gasteiger charge is -2.33. The maximum Gasteiger partial charge on any atom is 0.150 e. The first-order valence-corrected chi connectivity index (χ1v) is 7.71. The highest BCUT2D eigenvalue weighted by atomic mass is 16.5. The normalized spacial score (nSPS) is 19.8. The van der Waals surface area contributed by atoms with Crippen molar-refractivity contribution in [3.63, 3.8) is 0 Å². The summed E-state index contributed by atoms with van der Waals surface area (Å²) in [6.07, 6.45) is 7.21. The van der Waals surface area contributed by atoms with Crippen LogP contribution in [0.15, 0.2) is 24.3 Å². The quantitative estimate of drug-likeness (QED) is 0.563. The minimum Gasteiger partial charge on any atom is -0.494 e. The smallest absolute Gasteiger partial charge is 0.150 e. The fraction of sp³-hybridized carbons (Fsp3) is 0.588. The van der Waals surface area contributed by atoms with Crippen molar-refractivity contribution in [2.45, 2.75) is 45.1 Å². The third-order valence-electron chi connectivity index (χ3n) is 4.07. The number of carbonyl (C=O) groups excluding carboxylic acids is 1. The van der Waals surface area contributed by atoms with Crippen LogP contribution in [0.2, 0.25) is 0 Å². The van der Waals surface area contributed by atoms with Crippen molar-refractivity contribution in [2.24, 2.45) is 0 Å². The van der Waals surface area contributed by atoms with Crippen molar-refractivity contribution >= 4 is 6.29 Å². The van der Waals surface area contributed by atoms with Crippen molar-refractivity contribution in [1.82, 2.24) is 4.90 Å². The molecule has 20 heavy (non-hydrogen) atoms. The lowest BCUT2D eigenvalue weighted by molar-refractivity contribution is 0.112. The fourth-order valence-electron chi connectivity index (χ4n) is 2.74. The van der Waals surface area contributed by atoms with Gasteiger partial charge < -0.3 is 9.64 Å². The zero-order chi connectivity index (χ0) is 14.2. The second kappa shape index (κ2) is 8.05. The monoisotopic (exact) mass is 275 g/mol. The Kier molecular flexibility index (Phi) is 6.06. The Bertz CT molecular complexity index is 402. The molecule has 110 valence electrons. The van der Waals surface area contributed by atoms with Gasteiger partial charge in [0, 0.05) is 11.6 Å². The summed E-state index contributed by atoms with van der Waals surface area (Å²) in [5.74, 6) is 0.849. The first-order valence-electron chi connectivity index (χ1n) is 7.71. The summed E-state index contributed by atoms with van der Waals surface area (Å²) in [6.45, 7) is 5.54. The zero-order valence-corrected chi connectivity index (χ0v) is 12.4. The van der Waals surface area contributed by atoms with E-state index < -0.39 is 0 Å². The van der Waals surface area contributed by atoms with Crippen LogP contribution in [-0.4, -0.2) is 36.9 Å². The van der Waals surface area contributed by atoms with Crippen LogP contribution in [0, 0.1) is 0 Å².